The van der Waals surface area contributed by atoms with Gasteiger partial charge < -0.3 is 14.2 Å². The maximum Gasteiger partial charge on any atom is 0.222 e. The average Bonchev–Trinajstić information content (AvgIpc) is 2.41. The molecule has 18 heavy (non-hydrogen) atoms. The molecule has 0 amide bonds. The van der Waals surface area contributed by atoms with E-state index >= 15 is 0 Å². The molecule has 0 aliphatic rings. The molecule has 0 atom stereocenters. The average molecular weight is 249 g/mol. The number of pyridine rings is 1. The van der Waals surface area contributed by atoms with Gasteiger partial charge in [-0.2, -0.15) is 4.98 Å². The molecule has 1 aromatic carbocycles. The standard InChI is InChI=1S/C13H12FNO3/c1-16-11-8-9(14)6-7-10(11)18-13-5-3-4-12(15-13)17-2/h3-8H,1-2H3. The lowest BCUT2D eigenvalue weighted by Crippen LogP contribution is -1.94. The summed E-state index contributed by atoms with van der Waals surface area (Å²) in [6.45, 7) is 0. The fraction of sp³-hybridized carbons (Fsp3) is 0.154. The van der Waals surface area contributed by atoms with Gasteiger partial charge in [-0.1, -0.05) is 6.07 Å². The first-order chi connectivity index (χ1) is 8.72. The van der Waals surface area contributed by atoms with Gasteiger partial charge in [-0.3, -0.25) is 0 Å². The van der Waals surface area contributed by atoms with Gasteiger partial charge >= 0.3 is 0 Å². The van der Waals surface area contributed by atoms with E-state index in [9.17, 15) is 4.39 Å². The van der Waals surface area contributed by atoms with E-state index in [2.05, 4.69) is 4.98 Å². The van der Waals surface area contributed by atoms with Crippen LogP contribution in [0.3, 0.4) is 0 Å². The quantitative estimate of drug-likeness (QED) is 0.835. The zero-order chi connectivity index (χ0) is 13.0. The van der Waals surface area contributed by atoms with Crippen LogP contribution >= 0.6 is 0 Å². The van der Waals surface area contributed by atoms with Crippen LogP contribution in [0, 0.1) is 5.82 Å². The molecule has 4 nitrogen and oxygen atoms in total. The van der Waals surface area contributed by atoms with E-state index in [0.29, 0.717) is 23.3 Å². The number of methoxy groups -OCH3 is 2. The van der Waals surface area contributed by atoms with Crippen molar-refractivity contribution in [1.82, 2.24) is 4.98 Å². The number of hydrogen-bond acceptors (Lipinski definition) is 4. The van der Waals surface area contributed by atoms with E-state index in [1.807, 2.05) is 0 Å². The van der Waals surface area contributed by atoms with Crippen LogP contribution in [-0.2, 0) is 0 Å². The third-order valence-corrected chi connectivity index (χ3v) is 2.25. The zero-order valence-corrected chi connectivity index (χ0v) is 10.0. The maximum atomic E-state index is 13.0. The summed E-state index contributed by atoms with van der Waals surface area (Å²) in [5.41, 5.74) is 0. The molecule has 0 bridgehead atoms. The van der Waals surface area contributed by atoms with Gasteiger partial charge in [-0.25, -0.2) is 4.39 Å². The van der Waals surface area contributed by atoms with Crippen LogP contribution < -0.4 is 14.2 Å². The Kier molecular flexibility index (Phi) is 3.62. The predicted molar refractivity (Wildman–Crippen MR) is 63.8 cm³/mol. The molecule has 0 unspecified atom stereocenters. The maximum absolute atomic E-state index is 13.0. The monoisotopic (exact) mass is 249 g/mol. The topological polar surface area (TPSA) is 40.6 Å². The van der Waals surface area contributed by atoms with Gasteiger partial charge in [0.15, 0.2) is 11.5 Å². The fourth-order valence-corrected chi connectivity index (χ4v) is 1.40. The van der Waals surface area contributed by atoms with Crippen molar-refractivity contribution in [2.45, 2.75) is 0 Å². The third-order valence-electron chi connectivity index (χ3n) is 2.25. The van der Waals surface area contributed by atoms with Crippen molar-refractivity contribution in [1.29, 1.82) is 0 Å². The number of hydrogen-bond donors (Lipinski definition) is 0. The van der Waals surface area contributed by atoms with Gasteiger partial charge in [0.25, 0.3) is 0 Å². The first kappa shape index (κ1) is 12.2. The van der Waals surface area contributed by atoms with Crippen LogP contribution in [0.2, 0.25) is 0 Å². The van der Waals surface area contributed by atoms with Crippen molar-refractivity contribution in [3.8, 4) is 23.3 Å². The Hall–Kier alpha value is -2.30. The molecule has 0 radical (unpaired) electrons. The van der Waals surface area contributed by atoms with Crippen LogP contribution in [0.5, 0.6) is 23.3 Å². The molecule has 1 heterocycles. The lowest BCUT2D eigenvalue weighted by molar-refractivity contribution is 0.360. The van der Waals surface area contributed by atoms with Crippen LogP contribution in [0.4, 0.5) is 4.39 Å². The summed E-state index contributed by atoms with van der Waals surface area (Å²) >= 11 is 0. The Morgan fingerprint density at radius 2 is 1.72 bits per heavy atom. The largest absolute Gasteiger partial charge is 0.493 e. The number of rotatable bonds is 4. The Morgan fingerprint density at radius 3 is 2.44 bits per heavy atom. The smallest absolute Gasteiger partial charge is 0.222 e. The fourth-order valence-electron chi connectivity index (χ4n) is 1.40. The molecule has 0 saturated heterocycles. The minimum atomic E-state index is -0.391. The predicted octanol–water partition coefficient (Wildman–Crippen LogP) is 3.03. The first-order valence-electron chi connectivity index (χ1n) is 5.25. The Morgan fingerprint density at radius 1 is 0.944 bits per heavy atom. The lowest BCUT2D eigenvalue weighted by Gasteiger charge is -2.09. The minimum Gasteiger partial charge on any atom is -0.493 e. The number of halogens is 1. The lowest BCUT2D eigenvalue weighted by atomic mass is 10.3. The van der Waals surface area contributed by atoms with Crippen molar-refractivity contribution in [2.75, 3.05) is 14.2 Å². The molecule has 94 valence electrons. The van der Waals surface area contributed by atoms with E-state index in [4.69, 9.17) is 14.2 Å². The van der Waals surface area contributed by atoms with Crippen LogP contribution in [0.15, 0.2) is 36.4 Å². The van der Waals surface area contributed by atoms with Crippen molar-refractivity contribution in [2.24, 2.45) is 0 Å². The molecule has 1 aromatic heterocycles. The highest BCUT2D eigenvalue weighted by Gasteiger charge is 2.08. The molecular weight excluding hydrogens is 237 g/mol. The highest BCUT2D eigenvalue weighted by atomic mass is 19.1. The van der Waals surface area contributed by atoms with Gasteiger partial charge in [0.1, 0.15) is 5.82 Å². The number of aromatic nitrogens is 1. The molecule has 0 N–H and O–H groups in total. The summed E-state index contributed by atoms with van der Waals surface area (Å²) < 4.78 is 28.6. The summed E-state index contributed by atoms with van der Waals surface area (Å²) in [5, 5.41) is 0. The van der Waals surface area contributed by atoms with Gasteiger partial charge in [-0.05, 0) is 12.1 Å². The number of benzene rings is 1. The van der Waals surface area contributed by atoms with E-state index in [-0.39, 0.29) is 0 Å². The molecule has 2 rings (SSSR count). The number of ether oxygens (including phenoxy) is 3. The van der Waals surface area contributed by atoms with Gasteiger partial charge in [-0.15, -0.1) is 0 Å². The molecule has 0 aliphatic carbocycles. The molecule has 2 aromatic rings. The number of nitrogens with zero attached hydrogens (tertiary/aromatic N) is 1. The minimum absolute atomic E-state index is 0.305. The van der Waals surface area contributed by atoms with Crippen LogP contribution in [0.25, 0.3) is 0 Å². The van der Waals surface area contributed by atoms with Gasteiger partial charge in [0, 0.05) is 18.2 Å². The van der Waals surface area contributed by atoms with E-state index in [1.54, 1.807) is 18.2 Å². The second kappa shape index (κ2) is 5.35. The summed E-state index contributed by atoms with van der Waals surface area (Å²) in [4.78, 5) is 4.09. The summed E-state index contributed by atoms with van der Waals surface area (Å²) in [6, 6.07) is 9.14. The van der Waals surface area contributed by atoms with Crippen molar-refractivity contribution in [3.63, 3.8) is 0 Å². The zero-order valence-electron chi connectivity index (χ0n) is 10.0. The molecule has 0 saturated carbocycles. The van der Waals surface area contributed by atoms with Crippen LogP contribution in [-0.4, -0.2) is 19.2 Å². The van der Waals surface area contributed by atoms with E-state index in [1.165, 1.54) is 32.4 Å². The van der Waals surface area contributed by atoms with E-state index in [0.717, 1.165) is 0 Å². The first-order valence-corrected chi connectivity index (χ1v) is 5.25. The third kappa shape index (κ3) is 2.68. The molecule has 0 aliphatic heterocycles. The van der Waals surface area contributed by atoms with Crippen molar-refractivity contribution in [3.05, 3.63) is 42.2 Å². The van der Waals surface area contributed by atoms with Gasteiger partial charge in [0.05, 0.1) is 14.2 Å². The second-order valence-electron chi connectivity index (χ2n) is 3.42. The Labute approximate surface area is 104 Å². The van der Waals surface area contributed by atoms with Crippen molar-refractivity contribution >= 4 is 0 Å². The van der Waals surface area contributed by atoms with Gasteiger partial charge in [0.2, 0.25) is 11.8 Å². The normalized spacial score (nSPS) is 9.94. The SMILES string of the molecule is COc1cccc(Oc2ccc(F)cc2OC)n1. The highest BCUT2D eigenvalue weighted by molar-refractivity contribution is 5.42. The highest BCUT2D eigenvalue weighted by Crippen LogP contribution is 2.31. The molecule has 0 spiro atoms. The molecular formula is C13H12FNO3. The van der Waals surface area contributed by atoms with Crippen molar-refractivity contribution < 1.29 is 18.6 Å². The van der Waals surface area contributed by atoms with Crippen LogP contribution in [0.1, 0.15) is 0 Å². The molecule has 5 heteroatoms. The Bertz CT molecular complexity index is 546. The summed E-state index contributed by atoms with van der Waals surface area (Å²) in [6.07, 6.45) is 0. The summed E-state index contributed by atoms with van der Waals surface area (Å²) in [5.74, 6) is 1.09. The summed E-state index contributed by atoms with van der Waals surface area (Å²) in [7, 11) is 2.96. The Balaban J connectivity index is 2.27. The van der Waals surface area contributed by atoms with E-state index < -0.39 is 5.82 Å². The molecule has 0 fully saturated rings. The second-order valence-corrected chi connectivity index (χ2v) is 3.42.